The molecule has 94 valence electrons. The topological polar surface area (TPSA) is 61.0 Å². The average Bonchev–Trinajstić information content (AvgIpc) is 2.34. The van der Waals surface area contributed by atoms with Crippen LogP contribution in [0.25, 0.3) is 0 Å². The Labute approximate surface area is 107 Å². The maximum atomic E-state index is 5.74. The molecule has 0 aromatic carbocycles. The van der Waals surface area contributed by atoms with Gasteiger partial charge in [0.15, 0.2) is 5.75 Å². The van der Waals surface area contributed by atoms with Crippen molar-refractivity contribution in [2.45, 2.75) is 26.3 Å². The molecule has 0 radical (unpaired) electrons. The zero-order valence-corrected chi connectivity index (χ0v) is 10.6. The van der Waals surface area contributed by atoms with Crippen LogP contribution in [0.2, 0.25) is 0 Å². The van der Waals surface area contributed by atoms with Gasteiger partial charge in [-0.15, -0.1) is 0 Å². The molecule has 0 aliphatic heterocycles. The number of pyridine rings is 2. The molecule has 0 aliphatic carbocycles. The number of ether oxygens (including phenoxy) is 1. The molecule has 0 fully saturated rings. The van der Waals surface area contributed by atoms with Gasteiger partial charge in [0.1, 0.15) is 0 Å². The molecule has 0 aliphatic rings. The van der Waals surface area contributed by atoms with Gasteiger partial charge in [0, 0.05) is 24.5 Å². The lowest BCUT2D eigenvalue weighted by molar-refractivity contribution is 0.456. The van der Waals surface area contributed by atoms with E-state index in [1.807, 2.05) is 38.1 Å². The van der Waals surface area contributed by atoms with Gasteiger partial charge >= 0.3 is 0 Å². The summed E-state index contributed by atoms with van der Waals surface area (Å²) in [6.45, 7) is 3.88. The van der Waals surface area contributed by atoms with Gasteiger partial charge in [-0.2, -0.15) is 0 Å². The first-order valence-electron chi connectivity index (χ1n) is 5.95. The summed E-state index contributed by atoms with van der Waals surface area (Å²) in [6, 6.07) is 7.69. The van der Waals surface area contributed by atoms with Crippen molar-refractivity contribution >= 4 is 0 Å². The highest BCUT2D eigenvalue weighted by Gasteiger charge is 2.03. The number of aromatic nitrogens is 2. The van der Waals surface area contributed by atoms with Gasteiger partial charge in [-0.1, -0.05) is 6.07 Å². The number of aryl methyl sites for hydroxylation is 1. The fourth-order valence-corrected chi connectivity index (χ4v) is 1.65. The lowest BCUT2D eigenvalue weighted by Gasteiger charge is -2.08. The van der Waals surface area contributed by atoms with Crippen LogP contribution in [-0.4, -0.2) is 16.0 Å². The molecule has 2 heterocycles. The molecular weight excluding hydrogens is 226 g/mol. The molecule has 0 saturated carbocycles. The molecule has 0 amide bonds. The second-order valence-corrected chi connectivity index (χ2v) is 4.38. The van der Waals surface area contributed by atoms with Crippen LogP contribution in [-0.2, 0) is 6.42 Å². The highest BCUT2D eigenvalue weighted by molar-refractivity contribution is 5.30. The molecule has 2 aromatic rings. The SMILES string of the molecule is Cc1ncccc1Oc1ccc(CC(C)N)cn1. The molecule has 0 spiro atoms. The molecule has 0 saturated heterocycles. The fraction of sp³-hybridized carbons (Fsp3) is 0.286. The summed E-state index contributed by atoms with van der Waals surface area (Å²) in [7, 11) is 0. The zero-order chi connectivity index (χ0) is 13.0. The van der Waals surface area contributed by atoms with Crippen LogP contribution in [0.1, 0.15) is 18.2 Å². The first-order valence-corrected chi connectivity index (χ1v) is 5.95. The van der Waals surface area contributed by atoms with Crippen LogP contribution in [0.15, 0.2) is 36.7 Å². The standard InChI is InChI=1S/C14H17N3O/c1-10(15)8-12-5-6-14(17-9-12)18-13-4-3-7-16-11(13)2/h3-7,9-10H,8,15H2,1-2H3. The van der Waals surface area contributed by atoms with E-state index in [2.05, 4.69) is 9.97 Å². The second kappa shape index (κ2) is 5.60. The van der Waals surface area contributed by atoms with Gasteiger partial charge in [-0.3, -0.25) is 4.98 Å². The van der Waals surface area contributed by atoms with Crippen molar-refractivity contribution in [1.29, 1.82) is 0 Å². The predicted octanol–water partition coefficient (Wildman–Crippen LogP) is 2.47. The van der Waals surface area contributed by atoms with E-state index in [-0.39, 0.29) is 6.04 Å². The van der Waals surface area contributed by atoms with E-state index in [0.717, 1.165) is 23.4 Å². The molecule has 1 atom stereocenters. The van der Waals surface area contributed by atoms with Crippen LogP contribution in [0.4, 0.5) is 0 Å². The Kier molecular flexibility index (Phi) is 3.89. The molecule has 4 nitrogen and oxygen atoms in total. The maximum absolute atomic E-state index is 5.74. The van der Waals surface area contributed by atoms with Gasteiger partial charge in [-0.25, -0.2) is 4.98 Å². The zero-order valence-electron chi connectivity index (χ0n) is 10.6. The number of hydrogen-bond donors (Lipinski definition) is 1. The lowest BCUT2D eigenvalue weighted by atomic mass is 10.1. The van der Waals surface area contributed by atoms with Crippen molar-refractivity contribution in [1.82, 2.24) is 9.97 Å². The normalized spacial score (nSPS) is 12.2. The summed E-state index contributed by atoms with van der Waals surface area (Å²) in [5.74, 6) is 1.30. The van der Waals surface area contributed by atoms with Gasteiger partial charge in [0.05, 0.1) is 5.69 Å². The van der Waals surface area contributed by atoms with Crippen LogP contribution in [0.3, 0.4) is 0 Å². The minimum absolute atomic E-state index is 0.138. The van der Waals surface area contributed by atoms with E-state index < -0.39 is 0 Å². The summed E-state index contributed by atoms with van der Waals surface area (Å²) in [5, 5.41) is 0. The number of nitrogens with zero attached hydrogens (tertiary/aromatic N) is 2. The second-order valence-electron chi connectivity index (χ2n) is 4.38. The molecule has 4 heteroatoms. The summed E-state index contributed by atoms with van der Waals surface area (Å²) in [6.07, 6.45) is 4.35. The van der Waals surface area contributed by atoms with Crippen LogP contribution in [0.5, 0.6) is 11.6 Å². The summed E-state index contributed by atoms with van der Waals surface area (Å²) in [4.78, 5) is 8.43. The van der Waals surface area contributed by atoms with Crippen molar-refractivity contribution in [2.24, 2.45) is 5.73 Å². The van der Waals surface area contributed by atoms with Gasteiger partial charge in [0.2, 0.25) is 5.88 Å². The Morgan fingerprint density at radius 3 is 2.72 bits per heavy atom. The third-order valence-electron chi connectivity index (χ3n) is 2.53. The first-order chi connectivity index (χ1) is 8.65. The largest absolute Gasteiger partial charge is 0.437 e. The van der Waals surface area contributed by atoms with Gasteiger partial charge in [0.25, 0.3) is 0 Å². The Bertz CT molecular complexity index is 509. The molecule has 2 aromatic heterocycles. The maximum Gasteiger partial charge on any atom is 0.219 e. The van der Waals surface area contributed by atoms with E-state index in [1.165, 1.54) is 0 Å². The van der Waals surface area contributed by atoms with Crippen LogP contribution < -0.4 is 10.5 Å². The molecule has 18 heavy (non-hydrogen) atoms. The Morgan fingerprint density at radius 1 is 1.28 bits per heavy atom. The van der Waals surface area contributed by atoms with Crippen LogP contribution >= 0.6 is 0 Å². The molecular formula is C14H17N3O. The van der Waals surface area contributed by atoms with Crippen molar-refractivity contribution in [2.75, 3.05) is 0 Å². The highest BCUT2D eigenvalue weighted by Crippen LogP contribution is 2.21. The number of rotatable bonds is 4. The number of hydrogen-bond acceptors (Lipinski definition) is 4. The number of nitrogens with two attached hydrogens (primary N) is 1. The Balaban J connectivity index is 2.09. The van der Waals surface area contributed by atoms with E-state index in [0.29, 0.717) is 5.88 Å². The molecule has 2 rings (SSSR count). The van der Waals surface area contributed by atoms with E-state index >= 15 is 0 Å². The van der Waals surface area contributed by atoms with E-state index in [4.69, 9.17) is 10.5 Å². The van der Waals surface area contributed by atoms with Crippen molar-refractivity contribution in [3.8, 4) is 11.6 Å². The molecule has 0 bridgehead atoms. The smallest absolute Gasteiger partial charge is 0.219 e. The molecule has 1 unspecified atom stereocenters. The van der Waals surface area contributed by atoms with Crippen LogP contribution in [0, 0.1) is 6.92 Å². The van der Waals surface area contributed by atoms with E-state index in [1.54, 1.807) is 12.4 Å². The third kappa shape index (κ3) is 3.28. The average molecular weight is 243 g/mol. The van der Waals surface area contributed by atoms with Gasteiger partial charge < -0.3 is 10.5 Å². The quantitative estimate of drug-likeness (QED) is 0.896. The summed E-state index contributed by atoms with van der Waals surface area (Å²) >= 11 is 0. The highest BCUT2D eigenvalue weighted by atomic mass is 16.5. The van der Waals surface area contributed by atoms with Crippen molar-refractivity contribution < 1.29 is 4.74 Å². The lowest BCUT2D eigenvalue weighted by Crippen LogP contribution is -2.17. The summed E-state index contributed by atoms with van der Waals surface area (Å²) < 4.78 is 5.66. The summed E-state index contributed by atoms with van der Waals surface area (Å²) in [5.41, 5.74) is 7.70. The third-order valence-corrected chi connectivity index (χ3v) is 2.53. The molecule has 2 N–H and O–H groups in total. The first kappa shape index (κ1) is 12.5. The Morgan fingerprint density at radius 2 is 2.11 bits per heavy atom. The van der Waals surface area contributed by atoms with Crippen molar-refractivity contribution in [3.05, 3.63) is 47.9 Å². The minimum atomic E-state index is 0.138. The monoisotopic (exact) mass is 243 g/mol. The minimum Gasteiger partial charge on any atom is -0.437 e. The fourth-order valence-electron chi connectivity index (χ4n) is 1.65. The Hall–Kier alpha value is -1.94. The van der Waals surface area contributed by atoms with Crippen molar-refractivity contribution in [3.63, 3.8) is 0 Å². The van der Waals surface area contributed by atoms with Gasteiger partial charge in [-0.05, 0) is 38.0 Å². The predicted molar refractivity (Wildman–Crippen MR) is 70.6 cm³/mol. The van der Waals surface area contributed by atoms with E-state index in [9.17, 15) is 0 Å².